The Kier molecular flexibility index (Phi) is 2.98. The zero-order valence-electron chi connectivity index (χ0n) is 13.4. The van der Waals surface area contributed by atoms with Gasteiger partial charge in [0, 0.05) is 21.9 Å². The average Bonchev–Trinajstić information content (AvgIpc) is 2.67. The minimum Gasteiger partial charge on any atom is -0.455 e. The summed E-state index contributed by atoms with van der Waals surface area (Å²) in [6, 6.07) is 24.5. The van der Waals surface area contributed by atoms with Crippen LogP contribution in [0.4, 0.5) is 0 Å². The largest absolute Gasteiger partial charge is 0.455 e. The molecule has 1 aliphatic heterocycles. The Morgan fingerprint density at radius 1 is 0.640 bits per heavy atom. The van der Waals surface area contributed by atoms with E-state index in [1.807, 2.05) is 36.4 Å². The van der Waals surface area contributed by atoms with Gasteiger partial charge >= 0.3 is 0 Å². The third kappa shape index (κ3) is 2.01. The highest BCUT2D eigenvalue weighted by Gasteiger charge is 2.25. The number of ether oxygens (including phenoxy) is 1. The summed E-state index contributed by atoms with van der Waals surface area (Å²) in [6.07, 6.45) is 2.47. The molecule has 0 saturated heterocycles. The number of rotatable bonds is 1. The van der Waals surface area contributed by atoms with E-state index in [1.54, 1.807) is 6.08 Å². The van der Waals surface area contributed by atoms with Crippen LogP contribution in [0.2, 0.25) is 0 Å². The van der Waals surface area contributed by atoms with Crippen molar-refractivity contribution in [2.24, 2.45) is 0 Å². The lowest BCUT2D eigenvalue weighted by molar-refractivity contribution is -0.104. The molecule has 2 heteroatoms. The second-order valence-corrected chi connectivity index (χ2v) is 6.15. The average molecular weight is 322 g/mol. The van der Waals surface area contributed by atoms with Crippen molar-refractivity contribution in [2.75, 3.05) is 0 Å². The summed E-state index contributed by atoms with van der Waals surface area (Å²) in [5, 5.41) is 4.34. The summed E-state index contributed by atoms with van der Waals surface area (Å²) in [5.74, 6) is 1.63. The molecule has 0 radical (unpaired) electrons. The van der Waals surface area contributed by atoms with Crippen LogP contribution in [-0.2, 0) is 4.79 Å². The fraction of sp³-hybridized carbons (Fsp3) is 0. The van der Waals surface area contributed by atoms with Crippen LogP contribution in [-0.4, -0.2) is 6.29 Å². The van der Waals surface area contributed by atoms with Crippen LogP contribution in [0.5, 0.6) is 11.5 Å². The molecule has 1 aliphatic rings. The monoisotopic (exact) mass is 322 g/mol. The van der Waals surface area contributed by atoms with Crippen LogP contribution in [0.3, 0.4) is 0 Å². The molecule has 1 heterocycles. The van der Waals surface area contributed by atoms with Gasteiger partial charge in [0.05, 0.1) is 0 Å². The highest BCUT2D eigenvalue weighted by Crippen LogP contribution is 2.49. The molecule has 0 atom stereocenters. The number of allylic oxidation sites excluding steroid dienone is 1. The lowest BCUT2D eigenvalue weighted by Gasteiger charge is -2.25. The zero-order valence-corrected chi connectivity index (χ0v) is 13.4. The van der Waals surface area contributed by atoms with Gasteiger partial charge in [-0.2, -0.15) is 0 Å². The van der Waals surface area contributed by atoms with Crippen molar-refractivity contribution >= 4 is 33.4 Å². The molecule has 0 saturated carbocycles. The molecular weight excluding hydrogens is 308 g/mol. The van der Waals surface area contributed by atoms with Crippen molar-refractivity contribution < 1.29 is 9.53 Å². The third-order valence-electron chi connectivity index (χ3n) is 4.78. The van der Waals surface area contributed by atoms with Crippen LogP contribution in [0.25, 0.3) is 27.1 Å². The molecule has 0 aliphatic carbocycles. The third-order valence-corrected chi connectivity index (χ3v) is 4.78. The molecule has 25 heavy (non-hydrogen) atoms. The Bertz CT molecular complexity index is 1100. The van der Waals surface area contributed by atoms with Gasteiger partial charge in [0.15, 0.2) is 0 Å². The van der Waals surface area contributed by atoms with E-state index >= 15 is 0 Å². The van der Waals surface area contributed by atoms with Crippen molar-refractivity contribution in [2.45, 2.75) is 0 Å². The van der Waals surface area contributed by atoms with E-state index in [0.717, 1.165) is 56.0 Å². The van der Waals surface area contributed by atoms with Gasteiger partial charge in [0.2, 0.25) is 0 Å². The first kappa shape index (κ1) is 14.0. The number of hydrogen-bond acceptors (Lipinski definition) is 2. The Morgan fingerprint density at radius 2 is 1.16 bits per heavy atom. The molecule has 5 rings (SSSR count). The molecule has 0 fully saturated rings. The number of fused-ring (bicyclic) bond motifs is 6. The van der Waals surface area contributed by atoms with Gasteiger partial charge in [0.1, 0.15) is 17.8 Å². The molecule has 4 aromatic rings. The quantitative estimate of drug-likeness (QED) is 0.291. The van der Waals surface area contributed by atoms with E-state index in [-0.39, 0.29) is 0 Å². The topological polar surface area (TPSA) is 26.3 Å². The van der Waals surface area contributed by atoms with Crippen molar-refractivity contribution in [1.29, 1.82) is 0 Å². The maximum Gasteiger partial charge on any atom is 0.143 e. The minimum atomic E-state index is 0.815. The Morgan fingerprint density at radius 3 is 1.68 bits per heavy atom. The lowest BCUT2D eigenvalue weighted by atomic mass is 9.90. The second-order valence-electron chi connectivity index (χ2n) is 6.15. The first-order valence-electron chi connectivity index (χ1n) is 8.24. The highest BCUT2D eigenvalue weighted by molar-refractivity contribution is 6.05. The standard InChI is InChI=1S/C23H14O2/c24-14-13-19-20-11-9-15-5-1-3-7-17(15)22(20)25-23-18-8-4-2-6-16(18)10-12-21(19)23/h1-14H. The van der Waals surface area contributed by atoms with Crippen LogP contribution in [0.15, 0.2) is 78.9 Å². The van der Waals surface area contributed by atoms with Crippen LogP contribution in [0.1, 0.15) is 11.1 Å². The molecule has 0 amide bonds. The summed E-state index contributed by atoms with van der Waals surface area (Å²) >= 11 is 0. The number of carbonyl (C=O) groups is 1. The zero-order chi connectivity index (χ0) is 16.8. The molecular formula is C23H14O2. The summed E-state index contributed by atoms with van der Waals surface area (Å²) in [5.41, 5.74) is 2.81. The predicted octanol–water partition coefficient (Wildman–Crippen LogP) is 5.73. The van der Waals surface area contributed by atoms with E-state index in [0.29, 0.717) is 0 Å². The molecule has 4 aromatic carbocycles. The van der Waals surface area contributed by atoms with E-state index < -0.39 is 0 Å². The predicted molar refractivity (Wildman–Crippen MR) is 101 cm³/mol. The summed E-state index contributed by atoms with van der Waals surface area (Å²) in [6.45, 7) is 0. The molecule has 0 unspecified atom stereocenters. The molecule has 0 bridgehead atoms. The Hall–Kier alpha value is -3.39. The van der Waals surface area contributed by atoms with Crippen molar-refractivity contribution in [3.05, 3.63) is 90.0 Å². The van der Waals surface area contributed by atoms with Crippen molar-refractivity contribution in [3.8, 4) is 11.5 Å². The van der Waals surface area contributed by atoms with Crippen LogP contribution in [0, 0.1) is 0 Å². The molecule has 2 nitrogen and oxygen atoms in total. The SMILES string of the molecule is O=CC=C1c2ccc3ccccc3c2Oc2c1ccc1ccccc21. The van der Waals surface area contributed by atoms with E-state index in [9.17, 15) is 4.79 Å². The van der Waals surface area contributed by atoms with Gasteiger partial charge in [-0.1, -0.05) is 60.7 Å². The first-order valence-corrected chi connectivity index (χ1v) is 8.24. The van der Waals surface area contributed by atoms with Gasteiger partial charge in [-0.05, 0) is 34.6 Å². The lowest BCUT2D eigenvalue weighted by Crippen LogP contribution is -2.04. The Balaban J connectivity index is 1.90. The minimum absolute atomic E-state index is 0.815. The van der Waals surface area contributed by atoms with Gasteiger partial charge < -0.3 is 4.74 Å². The van der Waals surface area contributed by atoms with E-state index in [1.165, 1.54) is 0 Å². The van der Waals surface area contributed by atoms with E-state index in [4.69, 9.17) is 4.74 Å². The molecule has 0 N–H and O–H groups in total. The summed E-state index contributed by atoms with van der Waals surface area (Å²) in [7, 11) is 0. The van der Waals surface area contributed by atoms with Gasteiger partial charge in [-0.3, -0.25) is 4.79 Å². The van der Waals surface area contributed by atoms with E-state index in [2.05, 4.69) is 36.4 Å². The van der Waals surface area contributed by atoms with Crippen LogP contribution < -0.4 is 4.74 Å². The normalized spacial score (nSPS) is 12.4. The summed E-state index contributed by atoms with van der Waals surface area (Å²) < 4.78 is 6.42. The van der Waals surface area contributed by atoms with Crippen molar-refractivity contribution in [1.82, 2.24) is 0 Å². The number of hydrogen-bond donors (Lipinski definition) is 0. The van der Waals surface area contributed by atoms with Gasteiger partial charge in [-0.15, -0.1) is 0 Å². The number of benzene rings is 4. The molecule has 0 spiro atoms. The second kappa shape index (κ2) is 5.32. The summed E-state index contributed by atoms with van der Waals surface area (Å²) in [4.78, 5) is 11.3. The van der Waals surface area contributed by atoms with Crippen LogP contribution >= 0.6 is 0 Å². The highest BCUT2D eigenvalue weighted by atomic mass is 16.5. The first-order chi connectivity index (χ1) is 12.4. The van der Waals surface area contributed by atoms with Gasteiger partial charge in [0.25, 0.3) is 0 Å². The van der Waals surface area contributed by atoms with Crippen molar-refractivity contribution in [3.63, 3.8) is 0 Å². The maximum atomic E-state index is 11.3. The molecule has 0 aromatic heterocycles. The fourth-order valence-electron chi connectivity index (χ4n) is 3.62. The maximum absolute atomic E-state index is 11.3. The fourth-order valence-corrected chi connectivity index (χ4v) is 3.62. The number of aldehydes is 1. The number of carbonyl (C=O) groups excluding carboxylic acids is 1. The molecule has 118 valence electrons. The Labute approximate surface area is 145 Å². The smallest absolute Gasteiger partial charge is 0.143 e. The van der Waals surface area contributed by atoms with Gasteiger partial charge in [-0.25, -0.2) is 0 Å².